The van der Waals surface area contributed by atoms with E-state index in [2.05, 4.69) is 60.5 Å². The second-order valence-corrected chi connectivity index (χ2v) is 6.86. The number of alkyl halides is 1. The topological polar surface area (TPSA) is 30.7 Å². The summed E-state index contributed by atoms with van der Waals surface area (Å²) in [4.78, 5) is 0.273. The molecule has 0 aliphatic heterocycles. The SMILES string of the molecule is CC(Br)c1cnnn1Cc1csc(Br)c1. The van der Waals surface area contributed by atoms with Crippen molar-refractivity contribution in [2.75, 3.05) is 0 Å². The van der Waals surface area contributed by atoms with Crippen LogP contribution in [0, 0.1) is 0 Å². The molecule has 80 valence electrons. The van der Waals surface area contributed by atoms with Crippen molar-refractivity contribution in [3.8, 4) is 0 Å². The van der Waals surface area contributed by atoms with E-state index in [0.29, 0.717) is 0 Å². The Hall–Kier alpha value is -0.200. The van der Waals surface area contributed by atoms with Gasteiger partial charge >= 0.3 is 0 Å². The van der Waals surface area contributed by atoms with Gasteiger partial charge in [-0.25, -0.2) is 4.68 Å². The highest BCUT2D eigenvalue weighted by Gasteiger charge is 2.09. The number of hydrogen-bond donors (Lipinski definition) is 0. The van der Waals surface area contributed by atoms with E-state index >= 15 is 0 Å². The van der Waals surface area contributed by atoms with Crippen LogP contribution in [0.15, 0.2) is 21.4 Å². The van der Waals surface area contributed by atoms with Crippen LogP contribution in [0.4, 0.5) is 0 Å². The van der Waals surface area contributed by atoms with E-state index in [1.807, 2.05) is 4.68 Å². The minimum Gasteiger partial charge on any atom is -0.244 e. The molecule has 2 heterocycles. The molecule has 0 saturated carbocycles. The zero-order chi connectivity index (χ0) is 10.8. The Labute approximate surface area is 109 Å². The highest BCUT2D eigenvalue weighted by molar-refractivity contribution is 9.11. The molecule has 0 aliphatic rings. The van der Waals surface area contributed by atoms with Crippen molar-refractivity contribution in [2.24, 2.45) is 0 Å². The van der Waals surface area contributed by atoms with Crippen LogP contribution in [0.1, 0.15) is 23.0 Å². The number of rotatable bonds is 3. The largest absolute Gasteiger partial charge is 0.244 e. The molecule has 0 amide bonds. The van der Waals surface area contributed by atoms with Crippen LogP contribution in [0.5, 0.6) is 0 Å². The second kappa shape index (κ2) is 4.76. The molecule has 0 fully saturated rings. The third kappa shape index (κ3) is 2.68. The Morgan fingerprint density at radius 2 is 2.40 bits per heavy atom. The number of halogens is 2. The molecular formula is C9H9Br2N3S. The van der Waals surface area contributed by atoms with Gasteiger partial charge in [-0.3, -0.25) is 0 Å². The molecular weight excluding hydrogens is 342 g/mol. The molecule has 1 atom stereocenters. The fraction of sp³-hybridized carbons (Fsp3) is 0.333. The lowest BCUT2D eigenvalue weighted by molar-refractivity contribution is 0.622. The van der Waals surface area contributed by atoms with E-state index in [1.165, 1.54) is 5.56 Å². The van der Waals surface area contributed by atoms with Gasteiger partial charge in [-0.1, -0.05) is 21.1 Å². The van der Waals surface area contributed by atoms with Gasteiger partial charge in [0.05, 0.1) is 27.0 Å². The first kappa shape index (κ1) is 11.3. The van der Waals surface area contributed by atoms with Crippen molar-refractivity contribution in [1.29, 1.82) is 0 Å². The fourth-order valence-electron chi connectivity index (χ4n) is 1.30. The van der Waals surface area contributed by atoms with Gasteiger partial charge in [0.25, 0.3) is 0 Å². The predicted octanol–water partition coefficient (Wildman–Crippen LogP) is 3.61. The number of aromatic nitrogens is 3. The van der Waals surface area contributed by atoms with Crippen LogP contribution in [-0.2, 0) is 6.54 Å². The molecule has 1 unspecified atom stereocenters. The summed E-state index contributed by atoms with van der Waals surface area (Å²) in [5, 5.41) is 10.1. The van der Waals surface area contributed by atoms with E-state index < -0.39 is 0 Å². The summed E-state index contributed by atoms with van der Waals surface area (Å²) >= 11 is 8.66. The molecule has 2 aromatic heterocycles. The van der Waals surface area contributed by atoms with Gasteiger partial charge < -0.3 is 0 Å². The highest BCUT2D eigenvalue weighted by atomic mass is 79.9. The van der Waals surface area contributed by atoms with E-state index in [-0.39, 0.29) is 4.83 Å². The maximum atomic E-state index is 4.07. The monoisotopic (exact) mass is 349 g/mol. The summed E-state index contributed by atoms with van der Waals surface area (Å²) in [6.07, 6.45) is 1.79. The van der Waals surface area contributed by atoms with Gasteiger partial charge in [-0.05, 0) is 39.9 Å². The lowest BCUT2D eigenvalue weighted by atomic mass is 10.3. The first-order valence-corrected chi connectivity index (χ1v) is 7.01. The fourth-order valence-corrected chi connectivity index (χ4v) is 2.85. The first-order chi connectivity index (χ1) is 7.16. The van der Waals surface area contributed by atoms with Gasteiger partial charge in [0.15, 0.2) is 0 Å². The van der Waals surface area contributed by atoms with Crippen LogP contribution >= 0.6 is 43.2 Å². The van der Waals surface area contributed by atoms with E-state index in [9.17, 15) is 0 Å². The smallest absolute Gasteiger partial charge is 0.0736 e. The van der Waals surface area contributed by atoms with Gasteiger partial charge in [0.1, 0.15) is 0 Å². The third-order valence-corrected chi connectivity index (χ3v) is 4.03. The molecule has 0 spiro atoms. The molecule has 2 aromatic rings. The lowest BCUT2D eigenvalue weighted by Gasteiger charge is -2.05. The van der Waals surface area contributed by atoms with Crippen molar-refractivity contribution in [2.45, 2.75) is 18.3 Å². The van der Waals surface area contributed by atoms with Crippen LogP contribution in [0.25, 0.3) is 0 Å². The minimum absolute atomic E-state index is 0.273. The maximum absolute atomic E-state index is 4.07. The Kier molecular flexibility index (Phi) is 3.58. The average molecular weight is 351 g/mol. The van der Waals surface area contributed by atoms with Gasteiger partial charge in [0, 0.05) is 0 Å². The van der Waals surface area contributed by atoms with Gasteiger partial charge in [-0.2, -0.15) is 0 Å². The highest BCUT2D eigenvalue weighted by Crippen LogP contribution is 2.24. The van der Waals surface area contributed by atoms with Crippen molar-refractivity contribution in [3.05, 3.63) is 32.7 Å². The molecule has 3 nitrogen and oxygen atoms in total. The van der Waals surface area contributed by atoms with E-state index in [0.717, 1.165) is 16.0 Å². The molecule has 0 aromatic carbocycles. The molecule has 0 saturated heterocycles. The summed E-state index contributed by atoms with van der Waals surface area (Å²) < 4.78 is 3.06. The van der Waals surface area contributed by atoms with Crippen LogP contribution in [0.2, 0.25) is 0 Å². The second-order valence-electron chi connectivity index (χ2n) is 3.19. The maximum Gasteiger partial charge on any atom is 0.0736 e. The van der Waals surface area contributed by atoms with Crippen molar-refractivity contribution < 1.29 is 0 Å². The van der Waals surface area contributed by atoms with Crippen molar-refractivity contribution in [3.63, 3.8) is 0 Å². The van der Waals surface area contributed by atoms with Crippen LogP contribution in [0.3, 0.4) is 0 Å². The zero-order valence-electron chi connectivity index (χ0n) is 8.02. The van der Waals surface area contributed by atoms with E-state index in [1.54, 1.807) is 17.5 Å². The first-order valence-electron chi connectivity index (χ1n) is 4.42. The third-order valence-electron chi connectivity index (χ3n) is 2.01. The van der Waals surface area contributed by atoms with Gasteiger partial charge in [-0.15, -0.1) is 16.4 Å². The zero-order valence-corrected chi connectivity index (χ0v) is 12.0. The average Bonchev–Trinajstić information content (AvgIpc) is 2.75. The summed E-state index contributed by atoms with van der Waals surface area (Å²) in [6, 6.07) is 2.11. The minimum atomic E-state index is 0.273. The van der Waals surface area contributed by atoms with Crippen molar-refractivity contribution >= 4 is 43.2 Å². The Bertz CT molecular complexity index is 450. The summed E-state index contributed by atoms with van der Waals surface area (Å²) in [6.45, 7) is 2.84. The Morgan fingerprint density at radius 1 is 1.60 bits per heavy atom. The normalized spacial score (nSPS) is 13.0. The summed E-state index contributed by atoms with van der Waals surface area (Å²) in [5.74, 6) is 0. The van der Waals surface area contributed by atoms with Gasteiger partial charge in [0.2, 0.25) is 0 Å². The summed E-state index contributed by atoms with van der Waals surface area (Å²) in [5.41, 5.74) is 2.34. The number of nitrogens with zero attached hydrogens (tertiary/aromatic N) is 3. The quantitative estimate of drug-likeness (QED) is 0.792. The number of thiophene rings is 1. The molecule has 15 heavy (non-hydrogen) atoms. The molecule has 0 radical (unpaired) electrons. The predicted molar refractivity (Wildman–Crippen MR) is 68.5 cm³/mol. The Morgan fingerprint density at radius 3 is 3.00 bits per heavy atom. The standard InChI is InChI=1S/C9H9Br2N3S/c1-6(10)8-3-12-13-14(8)4-7-2-9(11)15-5-7/h2-3,5-6H,4H2,1H3. The summed E-state index contributed by atoms with van der Waals surface area (Å²) in [7, 11) is 0. The van der Waals surface area contributed by atoms with Crippen molar-refractivity contribution in [1.82, 2.24) is 15.0 Å². The van der Waals surface area contributed by atoms with Crippen LogP contribution in [-0.4, -0.2) is 15.0 Å². The molecule has 0 bridgehead atoms. The lowest BCUT2D eigenvalue weighted by Crippen LogP contribution is -2.05. The Balaban J connectivity index is 2.20. The molecule has 2 rings (SSSR count). The number of hydrogen-bond acceptors (Lipinski definition) is 3. The molecule has 0 aliphatic carbocycles. The van der Waals surface area contributed by atoms with Crippen LogP contribution < -0.4 is 0 Å². The molecule has 0 N–H and O–H groups in total. The molecule has 6 heteroatoms. The van der Waals surface area contributed by atoms with E-state index in [4.69, 9.17) is 0 Å².